The highest BCUT2D eigenvalue weighted by atomic mass is 79.9. The van der Waals surface area contributed by atoms with Gasteiger partial charge >= 0.3 is 0 Å². The maximum Gasteiger partial charge on any atom is 0.259 e. The van der Waals surface area contributed by atoms with Gasteiger partial charge < -0.3 is 10.6 Å². The number of nitrogens with zero attached hydrogens (tertiary/aromatic N) is 1. The number of carbonyl (C=O) groups is 1. The summed E-state index contributed by atoms with van der Waals surface area (Å²) in [6, 6.07) is 12.5. The molecule has 0 atom stereocenters. The van der Waals surface area contributed by atoms with Crippen LogP contribution in [0.4, 0.5) is 11.4 Å². The van der Waals surface area contributed by atoms with Crippen molar-refractivity contribution < 1.29 is 4.79 Å². The van der Waals surface area contributed by atoms with Crippen LogP contribution in [0, 0.1) is 0 Å². The Morgan fingerprint density at radius 3 is 2.65 bits per heavy atom. The normalized spacial score (nSPS) is 10.3. The first-order chi connectivity index (χ1) is 9.54. The second kappa shape index (κ2) is 6.29. The fourth-order valence-corrected chi connectivity index (χ4v) is 2.52. The van der Waals surface area contributed by atoms with E-state index < -0.39 is 0 Å². The minimum Gasteiger partial charge on any atom is -0.397 e. The summed E-state index contributed by atoms with van der Waals surface area (Å²) in [7, 11) is 0. The molecule has 2 rings (SSSR count). The lowest BCUT2D eigenvalue weighted by molar-refractivity contribution is 0.0988. The third-order valence-corrected chi connectivity index (χ3v) is 3.77. The summed E-state index contributed by atoms with van der Waals surface area (Å²) in [5.74, 6) is -0.170. The summed E-state index contributed by atoms with van der Waals surface area (Å²) in [4.78, 5) is 14.3. The Bertz CT molecular complexity index is 646. The van der Waals surface area contributed by atoms with E-state index in [1.807, 2.05) is 25.1 Å². The molecule has 0 spiro atoms. The summed E-state index contributed by atoms with van der Waals surface area (Å²) >= 11 is 9.47. The lowest BCUT2D eigenvalue weighted by Gasteiger charge is -2.23. The Hall–Kier alpha value is -1.52. The number of carbonyl (C=O) groups excluding carboxylic acids is 1. The molecule has 0 radical (unpaired) electrons. The number of nitrogens with two attached hydrogens (primary N) is 1. The van der Waals surface area contributed by atoms with E-state index in [1.54, 1.807) is 29.2 Å². The van der Waals surface area contributed by atoms with Crippen molar-refractivity contribution in [3.63, 3.8) is 0 Å². The van der Waals surface area contributed by atoms with E-state index in [0.29, 0.717) is 28.5 Å². The van der Waals surface area contributed by atoms with E-state index >= 15 is 0 Å². The lowest BCUT2D eigenvalue weighted by atomic mass is 10.1. The molecule has 2 aromatic rings. The van der Waals surface area contributed by atoms with Crippen molar-refractivity contribution in [1.82, 2.24) is 0 Å². The minimum absolute atomic E-state index is 0.170. The molecular formula is C15H14BrClN2O. The lowest BCUT2D eigenvalue weighted by Crippen LogP contribution is -2.31. The van der Waals surface area contributed by atoms with Crippen molar-refractivity contribution in [2.75, 3.05) is 17.2 Å². The largest absolute Gasteiger partial charge is 0.397 e. The number of hydrogen-bond acceptors (Lipinski definition) is 2. The summed E-state index contributed by atoms with van der Waals surface area (Å²) in [5, 5.41) is 0.422. The molecule has 104 valence electrons. The molecule has 0 aromatic heterocycles. The molecule has 0 unspecified atom stereocenters. The molecule has 2 aromatic carbocycles. The van der Waals surface area contributed by atoms with E-state index in [4.69, 9.17) is 17.3 Å². The van der Waals surface area contributed by atoms with Crippen molar-refractivity contribution in [2.24, 2.45) is 0 Å². The average Bonchev–Trinajstić information content (AvgIpc) is 2.44. The standard InChI is InChI=1S/C15H14BrClN2O/c1-2-19(14-6-4-3-5-13(14)18)15(20)11-9-10(16)7-8-12(11)17/h3-9H,2,18H2,1H3. The average molecular weight is 354 g/mol. The summed E-state index contributed by atoms with van der Waals surface area (Å²) in [5.41, 5.74) is 7.65. The zero-order valence-electron chi connectivity index (χ0n) is 10.9. The van der Waals surface area contributed by atoms with Crippen molar-refractivity contribution in [2.45, 2.75) is 6.92 Å². The zero-order chi connectivity index (χ0) is 14.7. The van der Waals surface area contributed by atoms with Crippen LogP contribution in [-0.2, 0) is 0 Å². The second-order valence-corrected chi connectivity index (χ2v) is 5.56. The number of benzene rings is 2. The molecule has 0 saturated carbocycles. The van der Waals surface area contributed by atoms with Crippen LogP contribution in [0.3, 0.4) is 0 Å². The van der Waals surface area contributed by atoms with E-state index in [-0.39, 0.29) is 5.91 Å². The smallest absolute Gasteiger partial charge is 0.259 e. The summed E-state index contributed by atoms with van der Waals surface area (Å²) < 4.78 is 0.808. The Kier molecular flexibility index (Phi) is 4.68. The van der Waals surface area contributed by atoms with Crippen molar-refractivity contribution in [3.8, 4) is 0 Å². The molecular weight excluding hydrogens is 340 g/mol. The molecule has 0 saturated heterocycles. The number of halogens is 2. The quantitative estimate of drug-likeness (QED) is 0.834. The molecule has 0 heterocycles. The highest BCUT2D eigenvalue weighted by molar-refractivity contribution is 9.10. The first-order valence-electron chi connectivity index (χ1n) is 6.16. The van der Waals surface area contributed by atoms with E-state index in [9.17, 15) is 4.79 Å². The fourth-order valence-electron chi connectivity index (χ4n) is 1.96. The molecule has 5 heteroatoms. The maximum absolute atomic E-state index is 12.7. The Morgan fingerprint density at radius 2 is 2.00 bits per heavy atom. The number of amides is 1. The highest BCUT2D eigenvalue weighted by Crippen LogP contribution is 2.27. The zero-order valence-corrected chi connectivity index (χ0v) is 13.3. The van der Waals surface area contributed by atoms with Crippen molar-refractivity contribution >= 4 is 44.8 Å². The van der Waals surface area contributed by atoms with Crippen LogP contribution in [0.25, 0.3) is 0 Å². The van der Waals surface area contributed by atoms with Crippen molar-refractivity contribution in [3.05, 3.63) is 57.5 Å². The molecule has 0 aliphatic heterocycles. The summed E-state index contributed by atoms with van der Waals surface area (Å²) in [6.07, 6.45) is 0. The van der Waals surface area contributed by atoms with Gasteiger partial charge in [-0.3, -0.25) is 4.79 Å². The fraction of sp³-hybridized carbons (Fsp3) is 0.133. The van der Waals surface area contributed by atoms with Gasteiger partial charge in [0.2, 0.25) is 0 Å². The van der Waals surface area contributed by atoms with Crippen LogP contribution >= 0.6 is 27.5 Å². The van der Waals surface area contributed by atoms with Gasteiger partial charge in [0.25, 0.3) is 5.91 Å². The SMILES string of the molecule is CCN(C(=O)c1cc(Br)ccc1Cl)c1ccccc1N. The molecule has 1 amide bonds. The van der Waals surface area contributed by atoms with Gasteiger partial charge in [-0.15, -0.1) is 0 Å². The third kappa shape index (κ3) is 2.97. The molecule has 0 aliphatic rings. The van der Waals surface area contributed by atoms with Crippen LogP contribution in [0.1, 0.15) is 17.3 Å². The maximum atomic E-state index is 12.7. The molecule has 0 aliphatic carbocycles. The number of hydrogen-bond donors (Lipinski definition) is 1. The first kappa shape index (κ1) is 14.9. The number of rotatable bonds is 3. The molecule has 0 bridgehead atoms. The van der Waals surface area contributed by atoms with Gasteiger partial charge in [0.05, 0.1) is 22.0 Å². The van der Waals surface area contributed by atoms with Gasteiger partial charge in [-0.25, -0.2) is 0 Å². The molecule has 2 N–H and O–H groups in total. The topological polar surface area (TPSA) is 46.3 Å². The van der Waals surface area contributed by atoms with E-state index in [1.165, 1.54) is 0 Å². The van der Waals surface area contributed by atoms with Gasteiger partial charge in [0.1, 0.15) is 0 Å². The van der Waals surface area contributed by atoms with Crippen LogP contribution in [0.2, 0.25) is 5.02 Å². The van der Waals surface area contributed by atoms with Gasteiger partial charge in [-0.1, -0.05) is 39.7 Å². The Labute approximate surface area is 131 Å². The Balaban J connectivity index is 2.45. The van der Waals surface area contributed by atoms with E-state index in [0.717, 1.165) is 4.47 Å². The van der Waals surface area contributed by atoms with Gasteiger partial charge in [-0.05, 0) is 37.3 Å². The number of anilines is 2. The monoisotopic (exact) mass is 352 g/mol. The third-order valence-electron chi connectivity index (χ3n) is 2.95. The van der Waals surface area contributed by atoms with E-state index in [2.05, 4.69) is 15.9 Å². The van der Waals surface area contributed by atoms with Crippen molar-refractivity contribution in [1.29, 1.82) is 0 Å². The van der Waals surface area contributed by atoms with Crippen LogP contribution in [0.15, 0.2) is 46.9 Å². The second-order valence-electron chi connectivity index (χ2n) is 4.23. The van der Waals surface area contributed by atoms with Gasteiger partial charge in [-0.2, -0.15) is 0 Å². The molecule has 0 fully saturated rings. The predicted molar refractivity (Wildman–Crippen MR) is 87.4 cm³/mol. The molecule has 3 nitrogen and oxygen atoms in total. The Morgan fingerprint density at radius 1 is 1.30 bits per heavy atom. The van der Waals surface area contributed by atoms with Crippen LogP contribution in [0.5, 0.6) is 0 Å². The summed E-state index contributed by atoms with van der Waals surface area (Å²) in [6.45, 7) is 2.41. The van der Waals surface area contributed by atoms with Gasteiger partial charge in [0, 0.05) is 11.0 Å². The van der Waals surface area contributed by atoms with Crippen LogP contribution in [-0.4, -0.2) is 12.5 Å². The van der Waals surface area contributed by atoms with Crippen LogP contribution < -0.4 is 10.6 Å². The number of nitrogen functional groups attached to an aromatic ring is 1. The highest BCUT2D eigenvalue weighted by Gasteiger charge is 2.20. The van der Waals surface area contributed by atoms with Gasteiger partial charge in [0.15, 0.2) is 0 Å². The predicted octanol–water partition coefficient (Wildman–Crippen LogP) is 4.35. The minimum atomic E-state index is -0.170. The molecule has 20 heavy (non-hydrogen) atoms. The first-order valence-corrected chi connectivity index (χ1v) is 7.33. The number of para-hydroxylation sites is 2.